The molecule has 0 N–H and O–H groups in total. The predicted molar refractivity (Wildman–Crippen MR) is 107 cm³/mol. The van der Waals surface area contributed by atoms with E-state index in [2.05, 4.69) is 20.2 Å². The second kappa shape index (κ2) is 7.34. The van der Waals surface area contributed by atoms with Gasteiger partial charge in [0.1, 0.15) is 5.52 Å². The second-order valence-electron chi connectivity index (χ2n) is 6.83. The van der Waals surface area contributed by atoms with Crippen molar-refractivity contribution in [1.82, 2.24) is 33.8 Å². The Balaban J connectivity index is 1.28. The number of rotatable bonds is 6. The zero-order valence-corrected chi connectivity index (χ0v) is 16.4. The van der Waals surface area contributed by atoms with Crippen molar-refractivity contribution in [2.24, 2.45) is 0 Å². The Hall–Kier alpha value is -3.59. The van der Waals surface area contributed by atoms with Crippen molar-refractivity contribution in [3.8, 4) is 0 Å². The van der Waals surface area contributed by atoms with Gasteiger partial charge in [-0.15, -0.1) is 0 Å². The van der Waals surface area contributed by atoms with Gasteiger partial charge in [0.15, 0.2) is 17.2 Å². The Morgan fingerprint density at radius 1 is 1.20 bits per heavy atom. The van der Waals surface area contributed by atoms with E-state index in [1.807, 2.05) is 18.3 Å². The molecule has 5 rings (SSSR count). The van der Waals surface area contributed by atoms with Gasteiger partial charge in [0, 0.05) is 25.0 Å². The maximum atomic E-state index is 14.3. The van der Waals surface area contributed by atoms with Crippen molar-refractivity contribution >= 4 is 28.5 Å². The van der Waals surface area contributed by atoms with Crippen molar-refractivity contribution < 1.29 is 9.18 Å². The molecule has 5 aromatic rings. The maximum absolute atomic E-state index is 14.3. The van der Waals surface area contributed by atoms with Crippen LogP contribution in [0.3, 0.4) is 0 Å². The molecule has 0 aliphatic heterocycles. The molecule has 0 aliphatic carbocycles. The zero-order chi connectivity index (χ0) is 20.7. The van der Waals surface area contributed by atoms with Gasteiger partial charge in [-0.1, -0.05) is 11.6 Å². The van der Waals surface area contributed by atoms with Crippen LogP contribution in [0, 0.1) is 5.82 Å². The number of hydrogen-bond donors (Lipinski definition) is 0. The van der Waals surface area contributed by atoms with Crippen molar-refractivity contribution in [2.45, 2.75) is 19.4 Å². The van der Waals surface area contributed by atoms with Crippen LogP contribution in [0.15, 0.2) is 55.5 Å². The number of aromatic nitrogens is 7. The molecule has 5 heterocycles. The molecule has 5 aromatic heterocycles. The van der Waals surface area contributed by atoms with Crippen LogP contribution in [0.5, 0.6) is 0 Å². The van der Waals surface area contributed by atoms with Gasteiger partial charge in [0.2, 0.25) is 0 Å². The highest BCUT2D eigenvalue weighted by molar-refractivity contribution is 6.31. The number of imidazole rings is 2. The number of carbonyl (C=O) groups excluding carboxylic acids is 1. The third-order valence-electron chi connectivity index (χ3n) is 4.82. The summed E-state index contributed by atoms with van der Waals surface area (Å²) in [5, 5.41) is 8.47. The Labute approximate surface area is 174 Å². The Bertz CT molecular complexity index is 1350. The smallest absolute Gasteiger partial charge is 0.167 e. The number of halogens is 2. The van der Waals surface area contributed by atoms with Crippen LogP contribution in [-0.2, 0) is 13.0 Å². The van der Waals surface area contributed by atoms with E-state index in [-0.39, 0.29) is 17.2 Å². The lowest BCUT2D eigenvalue weighted by Gasteiger charge is -2.01. The lowest BCUT2D eigenvalue weighted by Crippen LogP contribution is -2.03. The highest BCUT2D eigenvalue weighted by Gasteiger charge is 2.16. The molecule has 0 atom stereocenters. The summed E-state index contributed by atoms with van der Waals surface area (Å²) in [7, 11) is 0. The van der Waals surface area contributed by atoms with Gasteiger partial charge in [-0.2, -0.15) is 10.2 Å². The van der Waals surface area contributed by atoms with Gasteiger partial charge >= 0.3 is 0 Å². The molecule has 10 heteroatoms. The molecule has 8 nitrogen and oxygen atoms in total. The monoisotopic (exact) mass is 423 g/mol. The van der Waals surface area contributed by atoms with Gasteiger partial charge in [-0.05, 0) is 24.6 Å². The van der Waals surface area contributed by atoms with Gasteiger partial charge in [0.05, 0.1) is 47.2 Å². The standard InChI is InChI=1S/C20H15ClFN7O/c21-15-5-7-27-12-23-16(20(27)19(15)22)3-4-17(30)13-8-25-28(9-13)10-14-11-29-18(26-14)2-1-6-24-29/h1-2,5-9,11-12H,3-4,10H2. The third kappa shape index (κ3) is 3.33. The number of aryl methyl sites for hydroxylation is 1. The van der Waals surface area contributed by atoms with E-state index in [0.717, 1.165) is 11.3 Å². The normalized spacial score (nSPS) is 11.5. The van der Waals surface area contributed by atoms with Crippen LogP contribution in [0.2, 0.25) is 5.02 Å². The molecule has 0 saturated heterocycles. The van der Waals surface area contributed by atoms with E-state index >= 15 is 0 Å². The second-order valence-corrected chi connectivity index (χ2v) is 7.24. The average molecular weight is 424 g/mol. The van der Waals surface area contributed by atoms with Crippen LogP contribution < -0.4 is 0 Å². The first-order valence-electron chi connectivity index (χ1n) is 9.23. The molecule has 30 heavy (non-hydrogen) atoms. The van der Waals surface area contributed by atoms with Crippen LogP contribution in [0.4, 0.5) is 4.39 Å². The lowest BCUT2D eigenvalue weighted by molar-refractivity contribution is 0.0982. The topological polar surface area (TPSA) is 82.4 Å². The molecular weight excluding hydrogens is 409 g/mol. The Kier molecular flexibility index (Phi) is 4.51. The first-order chi connectivity index (χ1) is 14.6. The molecule has 0 spiro atoms. The number of Topliss-reactive ketones (excluding diaryl/α,β-unsaturated/α-hetero) is 1. The van der Waals surface area contributed by atoms with E-state index in [1.54, 1.807) is 32.2 Å². The summed E-state index contributed by atoms with van der Waals surface area (Å²) < 4.78 is 19.2. The molecule has 0 aromatic carbocycles. The Morgan fingerprint density at radius 3 is 2.97 bits per heavy atom. The van der Waals surface area contributed by atoms with Crippen molar-refractivity contribution in [3.05, 3.63) is 83.3 Å². The summed E-state index contributed by atoms with van der Waals surface area (Å²) in [6.07, 6.45) is 10.3. The van der Waals surface area contributed by atoms with Crippen molar-refractivity contribution in [3.63, 3.8) is 0 Å². The molecule has 0 bridgehead atoms. The van der Waals surface area contributed by atoms with Gasteiger partial charge < -0.3 is 4.40 Å². The first-order valence-corrected chi connectivity index (χ1v) is 9.61. The van der Waals surface area contributed by atoms with Crippen LogP contribution in [0.25, 0.3) is 11.2 Å². The minimum Gasteiger partial charge on any atom is -0.303 e. The van der Waals surface area contributed by atoms with Gasteiger partial charge in [-0.25, -0.2) is 18.9 Å². The highest BCUT2D eigenvalue weighted by Crippen LogP contribution is 2.22. The summed E-state index contributed by atoms with van der Waals surface area (Å²) >= 11 is 5.87. The van der Waals surface area contributed by atoms with Crippen molar-refractivity contribution in [1.29, 1.82) is 0 Å². The summed E-state index contributed by atoms with van der Waals surface area (Å²) in [6.45, 7) is 0.423. The van der Waals surface area contributed by atoms with Crippen LogP contribution >= 0.6 is 11.6 Å². The van der Waals surface area contributed by atoms with Gasteiger partial charge in [0.25, 0.3) is 0 Å². The average Bonchev–Trinajstić information content (AvgIpc) is 3.47. The van der Waals surface area contributed by atoms with E-state index < -0.39 is 5.82 Å². The summed E-state index contributed by atoms with van der Waals surface area (Å²) in [5.41, 5.74) is 2.81. The number of nitrogens with zero attached hydrogens (tertiary/aromatic N) is 7. The number of ketones is 1. The van der Waals surface area contributed by atoms with E-state index in [9.17, 15) is 9.18 Å². The number of carbonyl (C=O) groups is 1. The quantitative estimate of drug-likeness (QED) is 0.391. The number of fused-ring (bicyclic) bond motifs is 2. The van der Waals surface area contributed by atoms with Crippen molar-refractivity contribution in [2.75, 3.05) is 0 Å². The zero-order valence-electron chi connectivity index (χ0n) is 15.6. The van der Waals surface area contributed by atoms with E-state index in [4.69, 9.17) is 11.6 Å². The fraction of sp³-hybridized carbons (Fsp3) is 0.150. The molecule has 0 saturated carbocycles. The molecule has 0 amide bonds. The minimum absolute atomic E-state index is 0.0269. The number of hydrogen-bond acceptors (Lipinski definition) is 5. The molecule has 0 radical (unpaired) electrons. The summed E-state index contributed by atoms with van der Waals surface area (Å²) in [6, 6.07) is 5.15. The molecule has 0 fully saturated rings. The first kappa shape index (κ1) is 18.4. The lowest BCUT2D eigenvalue weighted by atomic mass is 10.1. The van der Waals surface area contributed by atoms with E-state index in [1.165, 1.54) is 18.6 Å². The summed E-state index contributed by atoms with van der Waals surface area (Å²) in [4.78, 5) is 21.3. The van der Waals surface area contributed by atoms with Crippen LogP contribution in [-0.4, -0.2) is 39.5 Å². The third-order valence-corrected chi connectivity index (χ3v) is 5.12. The molecule has 0 unspecified atom stereocenters. The summed E-state index contributed by atoms with van der Waals surface area (Å²) in [5.74, 6) is -0.629. The highest BCUT2D eigenvalue weighted by atomic mass is 35.5. The SMILES string of the molecule is O=C(CCc1ncn2ccc(Cl)c(F)c12)c1cnn(Cc2cn3ncccc3n2)c1. The molecule has 150 valence electrons. The molecule has 0 aliphatic rings. The molecular formula is C20H15ClFN7O. The fourth-order valence-electron chi connectivity index (χ4n) is 3.36. The largest absolute Gasteiger partial charge is 0.303 e. The van der Waals surface area contributed by atoms with Crippen LogP contribution in [0.1, 0.15) is 28.2 Å². The predicted octanol–water partition coefficient (Wildman–Crippen LogP) is 3.23. The fourth-order valence-corrected chi connectivity index (χ4v) is 3.51. The van der Waals surface area contributed by atoms with E-state index in [0.29, 0.717) is 29.7 Å². The minimum atomic E-state index is -0.533. The van der Waals surface area contributed by atoms with Gasteiger partial charge in [-0.3, -0.25) is 9.48 Å². The Morgan fingerprint density at radius 2 is 2.10 bits per heavy atom. The maximum Gasteiger partial charge on any atom is 0.167 e. The number of pyridine rings is 1.